The predicted molar refractivity (Wildman–Crippen MR) is 116 cm³/mol. The molecular weight excluding hydrogens is 384 g/mol. The van der Waals surface area contributed by atoms with Gasteiger partial charge in [0.25, 0.3) is 0 Å². The van der Waals surface area contributed by atoms with Gasteiger partial charge in [-0.3, -0.25) is 9.62 Å². The maximum Gasteiger partial charge on any atom is 0.229 e. The summed E-state index contributed by atoms with van der Waals surface area (Å²) < 4.78 is 27.4. The molecule has 3 aromatic rings. The fourth-order valence-corrected chi connectivity index (χ4v) is 4.47. The highest BCUT2D eigenvalue weighted by Crippen LogP contribution is 2.30. The van der Waals surface area contributed by atoms with Crippen molar-refractivity contribution in [3.8, 4) is 5.69 Å². The number of likely N-dealkylation sites (tertiary alicyclic amines) is 1. The lowest BCUT2D eigenvalue weighted by atomic mass is 9.89. The molecule has 0 amide bonds. The van der Waals surface area contributed by atoms with Gasteiger partial charge in [-0.05, 0) is 61.7 Å². The number of hydrogen-bond acceptors (Lipinski definition) is 4. The molecule has 0 saturated carbocycles. The van der Waals surface area contributed by atoms with E-state index >= 15 is 0 Å². The normalized spacial score (nSPS) is 16.0. The van der Waals surface area contributed by atoms with Crippen molar-refractivity contribution < 1.29 is 8.42 Å². The average Bonchev–Trinajstić information content (AvgIpc) is 3.17. The SMILES string of the molecule is CS(=O)(=O)Nc1cccc(C2CCN(Cc3cnn(-c4ccccc4)c3)CC2)c1. The summed E-state index contributed by atoms with van der Waals surface area (Å²) >= 11 is 0. The standard InChI is InChI=1S/C22H26N4O2S/c1-29(27,28)24-21-7-5-6-20(14-21)19-10-12-25(13-11-19)16-18-15-23-26(17-18)22-8-3-2-4-9-22/h2-9,14-15,17,19,24H,10-13,16H2,1H3. The van der Waals surface area contributed by atoms with Crippen LogP contribution in [0.25, 0.3) is 5.69 Å². The Bertz CT molecular complexity index is 1060. The number of anilines is 1. The van der Waals surface area contributed by atoms with Crippen molar-refractivity contribution in [3.63, 3.8) is 0 Å². The number of para-hydroxylation sites is 1. The van der Waals surface area contributed by atoms with Crippen LogP contribution < -0.4 is 4.72 Å². The molecule has 1 aliphatic rings. The van der Waals surface area contributed by atoms with Crippen LogP contribution in [-0.4, -0.2) is 42.4 Å². The Morgan fingerprint density at radius 3 is 2.55 bits per heavy atom. The molecule has 1 fully saturated rings. The first-order valence-electron chi connectivity index (χ1n) is 9.85. The number of piperidine rings is 1. The summed E-state index contributed by atoms with van der Waals surface area (Å²) in [7, 11) is -3.25. The van der Waals surface area contributed by atoms with Gasteiger partial charge in [0, 0.05) is 24.0 Å². The summed E-state index contributed by atoms with van der Waals surface area (Å²) in [6.07, 6.45) is 7.35. The Hall–Kier alpha value is -2.64. The third-order valence-electron chi connectivity index (χ3n) is 5.31. The zero-order chi connectivity index (χ0) is 20.3. The Kier molecular flexibility index (Phi) is 5.69. The highest BCUT2D eigenvalue weighted by molar-refractivity contribution is 7.92. The molecule has 0 bridgehead atoms. The minimum Gasteiger partial charge on any atom is -0.299 e. The van der Waals surface area contributed by atoms with Crippen molar-refractivity contribution >= 4 is 15.7 Å². The van der Waals surface area contributed by atoms with Crippen molar-refractivity contribution in [3.05, 3.63) is 78.1 Å². The van der Waals surface area contributed by atoms with Gasteiger partial charge in [-0.15, -0.1) is 0 Å². The molecule has 152 valence electrons. The van der Waals surface area contributed by atoms with Crippen molar-refractivity contribution in [2.45, 2.75) is 25.3 Å². The molecular formula is C22H26N4O2S. The summed E-state index contributed by atoms with van der Waals surface area (Å²) in [6, 6.07) is 17.9. The third kappa shape index (κ3) is 5.25. The van der Waals surface area contributed by atoms with Crippen LogP contribution in [0.3, 0.4) is 0 Å². The number of nitrogens with one attached hydrogen (secondary N) is 1. The second-order valence-electron chi connectivity index (χ2n) is 7.68. The van der Waals surface area contributed by atoms with Crippen LogP contribution in [0.2, 0.25) is 0 Å². The van der Waals surface area contributed by atoms with Crippen molar-refractivity contribution in [2.24, 2.45) is 0 Å². The molecule has 4 rings (SSSR count). The smallest absolute Gasteiger partial charge is 0.229 e. The van der Waals surface area contributed by atoms with E-state index in [4.69, 9.17) is 0 Å². The lowest BCUT2D eigenvalue weighted by molar-refractivity contribution is 0.204. The van der Waals surface area contributed by atoms with E-state index in [2.05, 4.69) is 39.1 Å². The number of aromatic nitrogens is 2. The molecule has 29 heavy (non-hydrogen) atoms. The molecule has 1 aromatic heterocycles. The van der Waals surface area contributed by atoms with Gasteiger partial charge in [0.15, 0.2) is 0 Å². The van der Waals surface area contributed by atoms with Crippen LogP contribution in [0.1, 0.15) is 29.9 Å². The molecule has 1 saturated heterocycles. The van der Waals surface area contributed by atoms with Crippen molar-refractivity contribution in [2.75, 3.05) is 24.1 Å². The van der Waals surface area contributed by atoms with Gasteiger partial charge in [0.2, 0.25) is 10.0 Å². The van der Waals surface area contributed by atoms with E-state index < -0.39 is 10.0 Å². The zero-order valence-electron chi connectivity index (χ0n) is 16.5. The van der Waals surface area contributed by atoms with Crippen LogP contribution in [0.4, 0.5) is 5.69 Å². The number of sulfonamides is 1. The maximum atomic E-state index is 11.5. The molecule has 0 radical (unpaired) electrons. The van der Waals surface area contributed by atoms with Crippen LogP contribution in [0, 0.1) is 0 Å². The lowest BCUT2D eigenvalue weighted by Gasteiger charge is -2.32. The van der Waals surface area contributed by atoms with Crippen LogP contribution >= 0.6 is 0 Å². The molecule has 2 aromatic carbocycles. The molecule has 1 N–H and O–H groups in total. The van der Waals surface area contributed by atoms with Gasteiger partial charge >= 0.3 is 0 Å². The second-order valence-corrected chi connectivity index (χ2v) is 9.43. The zero-order valence-corrected chi connectivity index (χ0v) is 17.3. The van der Waals surface area contributed by atoms with E-state index in [-0.39, 0.29) is 0 Å². The Balaban J connectivity index is 1.34. The molecule has 0 unspecified atom stereocenters. The minimum absolute atomic E-state index is 0.458. The maximum absolute atomic E-state index is 11.5. The summed E-state index contributed by atoms with van der Waals surface area (Å²) in [5.41, 5.74) is 4.13. The molecule has 0 aliphatic carbocycles. The molecule has 0 spiro atoms. The Labute approximate surface area is 172 Å². The van der Waals surface area contributed by atoms with Crippen LogP contribution in [-0.2, 0) is 16.6 Å². The molecule has 1 aliphatic heterocycles. The quantitative estimate of drug-likeness (QED) is 0.674. The first kappa shape index (κ1) is 19.7. The van der Waals surface area contributed by atoms with Gasteiger partial charge < -0.3 is 0 Å². The summed E-state index contributed by atoms with van der Waals surface area (Å²) in [4.78, 5) is 2.46. The summed E-state index contributed by atoms with van der Waals surface area (Å²) in [5, 5.41) is 4.49. The van der Waals surface area contributed by atoms with Gasteiger partial charge in [0.1, 0.15) is 0 Å². The van der Waals surface area contributed by atoms with Crippen LogP contribution in [0.15, 0.2) is 67.0 Å². The monoisotopic (exact) mass is 410 g/mol. The van der Waals surface area contributed by atoms with E-state index in [0.717, 1.165) is 38.2 Å². The summed E-state index contributed by atoms with van der Waals surface area (Å²) in [5.74, 6) is 0.458. The van der Waals surface area contributed by atoms with E-state index in [0.29, 0.717) is 11.6 Å². The molecule has 2 heterocycles. The number of nitrogens with zero attached hydrogens (tertiary/aromatic N) is 3. The highest BCUT2D eigenvalue weighted by atomic mass is 32.2. The van der Waals surface area contributed by atoms with Gasteiger partial charge in [-0.1, -0.05) is 30.3 Å². The number of benzene rings is 2. The number of rotatable bonds is 6. The summed E-state index contributed by atoms with van der Waals surface area (Å²) in [6.45, 7) is 2.94. The molecule has 6 nitrogen and oxygen atoms in total. The fraction of sp³-hybridized carbons (Fsp3) is 0.318. The van der Waals surface area contributed by atoms with Gasteiger partial charge in [-0.2, -0.15) is 5.10 Å². The predicted octanol–water partition coefficient (Wildman–Crippen LogP) is 3.62. The Morgan fingerprint density at radius 2 is 1.83 bits per heavy atom. The van der Waals surface area contributed by atoms with E-state index in [1.165, 1.54) is 17.4 Å². The van der Waals surface area contributed by atoms with Crippen LogP contribution in [0.5, 0.6) is 0 Å². The van der Waals surface area contributed by atoms with Crippen molar-refractivity contribution in [1.82, 2.24) is 14.7 Å². The lowest BCUT2D eigenvalue weighted by Crippen LogP contribution is -2.32. The fourth-order valence-electron chi connectivity index (χ4n) is 3.92. The Morgan fingerprint density at radius 1 is 1.07 bits per heavy atom. The van der Waals surface area contributed by atoms with E-state index in [1.807, 2.05) is 41.2 Å². The topological polar surface area (TPSA) is 67.2 Å². The largest absolute Gasteiger partial charge is 0.299 e. The third-order valence-corrected chi connectivity index (χ3v) is 5.92. The van der Waals surface area contributed by atoms with E-state index in [1.54, 1.807) is 6.07 Å². The average molecular weight is 411 g/mol. The minimum atomic E-state index is -3.25. The van der Waals surface area contributed by atoms with Crippen molar-refractivity contribution in [1.29, 1.82) is 0 Å². The van der Waals surface area contributed by atoms with Gasteiger partial charge in [-0.25, -0.2) is 13.1 Å². The first-order valence-corrected chi connectivity index (χ1v) is 11.7. The van der Waals surface area contributed by atoms with Gasteiger partial charge in [0.05, 0.1) is 18.1 Å². The number of hydrogen-bond donors (Lipinski definition) is 1. The molecule has 7 heteroatoms. The second kappa shape index (κ2) is 8.39. The van der Waals surface area contributed by atoms with E-state index in [9.17, 15) is 8.42 Å². The molecule has 0 atom stereocenters. The first-order chi connectivity index (χ1) is 14.0. The highest BCUT2D eigenvalue weighted by Gasteiger charge is 2.21.